The van der Waals surface area contributed by atoms with Crippen molar-refractivity contribution in [2.45, 2.75) is 58.5 Å². The van der Waals surface area contributed by atoms with Crippen LogP contribution in [-0.4, -0.2) is 20.8 Å². The van der Waals surface area contributed by atoms with Crippen molar-refractivity contribution >= 4 is 22.6 Å². The molecule has 4 heteroatoms. The van der Waals surface area contributed by atoms with Gasteiger partial charge in [0.15, 0.2) is 0 Å². The summed E-state index contributed by atoms with van der Waals surface area (Å²) in [7, 11) is 0. The first-order valence-corrected chi connectivity index (χ1v) is 8.65. The minimum Gasteiger partial charge on any atom is -0.311 e. The van der Waals surface area contributed by atoms with Crippen LogP contribution in [0.3, 0.4) is 0 Å². The molecule has 0 aliphatic rings. The zero-order chi connectivity index (χ0) is 13.2. The van der Waals surface area contributed by atoms with Crippen LogP contribution in [0, 0.1) is 0 Å². The van der Waals surface area contributed by atoms with Gasteiger partial charge in [-0.05, 0) is 42.7 Å². The molecule has 1 aromatic heterocycles. The van der Waals surface area contributed by atoms with Crippen molar-refractivity contribution in [1.29, 1.82) is 0 Å². The van der Waals surface area contributed by atoms with E-state index in [4.69, 9.17) is 0 Å². The molecule has 0 amide bonds. The van der Waals surface area contributed by atoms with Crippen molar-refractivity contribution in [1.82, 2.24) is 15.1 Å². The van der Waals surface area contributed by atoms with Gasteiger partial charge in [0.05, 0.1) is 11.7 Å². The highest BCUT2D eigenvalue weighted by Gasteiger charge is 2.07. The van der Waals surface area contributed by atoms with Crippen LogP contribution in [0.1, 0.15) is 57.7 Å². The molecule has 0 aromatic carbocycles. The second-order valence-corrected chi connectivity index (χ2v) is 5.76. The number of rotatable bonds is 10. The zero-order valence-electron chi connectivity index (χ0n) is 11.7. The van der Waals surface area contributed by atoms with E-state index in [9.17, 15) is 0 Å². The van der Waals surface area contributed by atoms with Gasteiger partial charge in [0.25, 0.3) is 0 Å². The number of halogens is 1. The summed E-state index contributed by atoms with van der Waals surface area (Å²) in [5.74, 6) is 0. The zero-order valence-corrected chi connectivity index (χ0v) is 13.8. The molecule has 0 atom stereocenters. The van der Waals surface area contributed by atoms with Crippen LogP contribution in [0.2, 0.25) is 0 Å². The topological polar surface area (TPSA) is 29.9 Å². The quantitative estimate of drug-likeness (QED) is 0.388. The summed E-state index contributed by atoms with van der Waals surface area (Å²) in [6.07, 6.45) is 8.37. The Kier molecular flexibility index (Phi) is 8.67. The maximum absolute atomic E-state index is 4.64. The molecule has 1 aromatic rings. The fourth-order valence-corrected chi connectivity index (χ4v) is 2.61. The van der Waals surface area contributed by atoms with Crippen LogP contribution >= 0.6 is 22.6 Å². The van der Waals surface area contributed by atoms with Gasteiger partial charge in [-0.3, -0.25) is 4.68 Å². The Labute approximate surface area is 125 Å². The fraction of sp³-hybridized carbons (Fsp3) is 0.786. The highest BCUT2D eigenvalue weighted by molar-refractivity contribution is 14.1. The number of alkyl halides is 1. The first kappa shape index (κ1) is 16.0. The number of aromatic nitrogens is 2. The van der Waals surface area contributed by atoms with Crippen molar-refractivity contribution in [3.05, 3.63) is 18.0 Å². The smallest absolute Gasteiger partial charge is 0.0762 e. The van der Waals surface area contributed by atoms with Crippen LogP contribution < -0.4 is 5.32 Å². The molecule has 1 rings (SSSR count). The van der Waals surface area contributed by atoms with E-state index in [-0.39, 0.29) is 0 Å². The molecule has 0 aliphatic carbocycles. The van der Waals surface area contributed by atoms with Crippen molar-refractivity contribution in [3.8, 4) is 0 Å². The minimum absolute atomic E-state index is 0.558. The molecular formula is C14H26IN3. The lowest BCUT2D eigenvalue weighted by atomic mass is 10.2. The van der Waals surface area contributed by atoms with Crippen LogP contribution in [0.15, 0.2) is 12.3 Å². The van der Waals surface area contributed by atoms with Gasteiger partial charge in [0.1, 0.15) is 0 Å². The Bertz CT molecular complexity index is 308. The molecule has 0 spiro atoms. The summed E-state index contributed by atoms with van der Waals surface area (Å²) in [5.41, 5.74) is 1.16. The summed E-state index contributed by atoms with van der Waals surface area (Å²) in [6.45, 7) is 6.45. The van der Waals surface area contributed by atoms with Gasteiger partial charge < -0.3 is 5.32 Å². The molecule has 0 aliphatic heterocycles. The van der Waals surface area contributed by atoms with Crippen LogP contribution in [0.25, 0.3) is 0 Å². The van der Waals surface area contributed by atoms with E-state index in [1.165, 1.54) is 23.7 Å². The third kappa shape index (κ3) is 5.69. The van der Waals surface area contributed by atoms with Crippen molar-refractivity contribution in [2.75, 3.05) is 11.0 Å². The first-order valence-electron chi connectivity index (χ1n) is 7.12. The number of nitrogens with one attached hydrogen (secondary N) is 1. The second-order valence-electron chi connectivity index (χ2n) is 4.68. The average Bonchev–Trinajstić information content (AvgIpc) is 2.84. The lowest BCUT2D eigenvalue weighted by molar-refractivity contribution is 0.424. The Morgan fingerprint density at radius 1 is 1.28 bits per heavy atom. The Morgan fingerprint density at radius 2 is 2.06 bits per heavy atom. The third-order valence-corrected chi connectivity index (χ3v) is 4.04. The van der Waals surface area contributed by atoms with Gasteiger partial charge >= 0.3 is 0 Å². The van der Waals surface area contributed by atoms with Crippen molar-refractivity contribution in [2.24, 2.45) is 0 Å². The molecule has 3 nitrogen and oxygen atoms in total. The van der Waals surface area contributed by atoms with Crippen molar-refractivity contribution in [3.63, 3.8) is 0 Å². The Balaban J connectivity index is 2.23. The van der Waals surface area contributed by atoms with Crippen LogP contribution in [0.4, 0.5) is 0 Å². The summed E-state index contributed by atoms with van der Waals surface area (Å²) in [5, 5.41) is 8.11. The van der Waals surface area contributed by atoms with Crippen LogP contribution in [0.5, 0.6) is 0 Å². The second kappa shape index (κ2) is 9.78. The molecular weight excluding hydrogens is 337 g/mol. The molecule has 104 valence electrons. The first-order chi connectivity index (χ1) is 8.81. The number of nitrogens with zero attached hydrogens (tertiary/aromatic N) is 2. The fourth-order valence-electron chi connectivity index (χ4n) is 2.08. The summed E-state index contributed by atoms with van der Waals surface area (Å²) in [4.78, 5) is 0. The largest absolute Gasteiger partial charge is 0.311 e. The maximum Gasteiger partial charge on any atom is 0.0762 e. The number of unbranched alkanes of at least 4 members (excludes halogenated alkanes) is 2. The third-order valence-electron chi connectivity index (χ3n) is 3.27. The number of hydrogen-bond acceptors (Lipinski definition) is 2. The van der Waals surface area contributed by atoms with E-state index < -0.39 is 0 Å². The van der Waals surface area contributed by atoms with Gasteiger partial charge in [0.2, 0.25) is 0 Å². The van der Waals surface area contributed by atoms with Gasteiger partial charge in [-0.2, -0.15) is 5.10 Å². The van der Waals surface area contributed by atoms with Gasteiger partial charge in [-0.15, -0.1) is 0 Å². The predicted molar refractivity (Wildman–Crippen MR) is 86.3 cm³/mol. The van der Waals surface area contributed by atoms with Gasteiger partial charge in [0, 0.05) is 12.7 Å². The van der Waals surface area contributed by atoms with Crippen LogP contribution in [-0.2, 0) is 6.54 Å². The monoisotopic (exact) mass is 363 g/mol. The Hall–Kier alpha value is -0.100. The highest BCUT2D eigenvalue weighted by atomic mass is 127. The standard InChI is InChI=1S/C14H26IN3/c1-3-14(4-2)18-11-8-13(17-18)12-16-10-7-5-6-9-15/h8,11,14,16H,3-7,9-10,12H2,1-2H3. The molecule has 0 bridgehead atoms. The molecule has 1 N–H and O–H groups in total. The Morgan fingerprint density at radius 3 is 2.72 bits per heavy atom. The normalized spacial score (nSPS) is 11.3. The van der Waals surface area contributed by atoms with E-state index in [1.54, 1.807) is 0 Å². The number of hydrogen-bond donors (Lipinski definition) is 1. The molecule has 0 saturated carbocycles. The summed E-state index contributed by atoms with van der Waals surface area (Å²) < 4.78 is 3.39. The lowest BCUT2D eigenvalue weighted by Gasteiger charge is -2.12. The molecule has 0 fully saturated rings. The SMILES string of the molecule is CCC(CC)n1ccc(CNCCCCCI)n1. The summed E-state index contributed by atoms with van der Waals surface area (Å²) in [6, 6.07) is 2.69. The van der Waals surface area contributed by atoms with E-state index in [0.717, 1.165) is 31.6 Å². The average molecular weight is 363 g/mol. The molecule has 1 heterocycles. The molecule has 0 unspecified atom stereocenters. The minimum atomic E-state index is 0.558. The molecule has 18 heavy (non-hydrogen) atoms. The van der Waals surface area contributed by atoms with E-state index in [1.807, 2.05) is 0 Å². The van der Waals surface area contributed by atoms with Gasteiger partial charge in [-0.25, -0.2) is 0 Å². The molecule has 0 radical (unpaired) electrons. The van der Waals surface area contributed by atoms with Crippen molar-refractivity contribution < 1.29 is 0 Å². The predicted octanol–water partition coefficient (Wildman–Crippen LogP) is 3.94. The van der Waals surface area contributed by atoms with E-state index >= 15 is 0 Å². The maximum atomic E-state index is 4.64. The summed E-state index contributed by atoms with van der Waals surface area (Å²) >= 11 is 2.44. The van der Waals surface area contributed by atoms with E-state index in [2.05, 4.69) is 63.8 Å². The highest BCUT2D eigenvalue weighted by Crippen LogP contribution is 2.14. The lowest BCUT2D eigenvalue weighted by Crippen LogP contribution is -2.16. The molecule has 0 saturated heterocycles. The van der Waals surface area contributed by atoms with Gasteiger partial charge in [-0.1, -0.05) is 42.9 Å². The van der Waals surface area contributed by atoms with E-state index in [0.29, 0.717) is 6.04 Å².